The summed E-state index contributed by atoms with van der Waals surface area (Å²) in [7, 11) is 0. The summed E-state index contributed by atoms with van der Waals surface area (Å²) >= 11 is 0. The average Bonchev–Trinajstić information content (AvgIpc) is 2.41. The number of carbonyl (C=O) groups excluding carboxylic acids is 1. The summed E-state index contributed by atoms with van der Waals surface area (Å²) in [6, 6.07) is 7.63. The van der Waals surface area contributed by atoms with Gasteiger partial charge in [0, 0.05) is 25.4 Å². The number of amides is 2. The molecule has 1 heterocycles. The van der Waals surface area contributed by atoms with Crippen molar-refractivity contribution in [2.75, 3.05) is 25.0 Å². The lowest BCUT2D eigenvalue weighted by molar-refractivity contribution is 0.182. The largest absolute Gasteiger partial charge is 0.396 e. The molecule has 0 saturated carbocycles. The first-order valence-electron chi connectivity index (χ1n) is 6.95. The summed E-state index contributed by atoms with van der Waals surface area (Å²) < 4.78 is 0. The smallest absolute Gasteiger partial charge is 0.321 e. The van der Waals surface area contributed by atoms with Crippen LogP contribution in [0.3, 0.4) is 0 Å². The number of aliphatic hydroxyl groups excluding tert-OH is 1. The van der Waals surface area contributed by atoms with Crippen molar-refractivity contribution < 1.29 is 9.90 Å². The number of nitrogens with zero attached hydrogens (tertiary/aromatic N) is 1. The van der Waals surface area contributed by atoms with Crippen LogP contribution in [0.15, 0.2) is 24.3 Å². The Morgan fingerprint density at radius 2 is 2.16 bits per heavy atom. The molecule has 1 aromatic carbocycles. The maximum Gasteiger partial charge on any atom is 0.321 e. The van der Waals surface area contributed by atoms with Gasteiger partial charge in [-0.2, -0.15) is 0 Å². The normalized spacial score (nSPS) is 19.3. The zero-order valence-electron chi connectivity index (χ0n) is 11.4. The quantitative estimate of drug-likeness (QED) is 0.879. The van der Waals surface area contributed by atoms with Crippen LogP contribution in [0.25, 0.3) is 0 Å². The molecule has 1 atom stereocenters. The third-order valence-electron chi connectivity index (χ3n) is 3.55. The number of anilines is 1. The molecule has 4 heteroatoms. The molecule has 19 heavy (non-hydrogen) atoms. The van der Waals surface area contributed by atoms with Crippen LogP contribution in [0.2, 0.25) is 0 Å². The minimum absolute atomic E-state index is 0.0125. The van der Waals surface area contributed by atoms with E-state index in [0.717, 1.165) is 30.8 Å². The van der Waals surface area contributed by atoms with Crippen molar-refractivity contribution in [3.63, 3.8) is 0 Å². The van der Waals surface area contributed by atoms with Gasteiger partial charge in [0.05, 0.1) is 0 Å². The Morgan fingerprint density at radius 3 is 2.79 bits per heavy atom. The topological polar surface area (TPSA) is 52.6 Å². The highest BCUT2D eigenvalue weighted by Gasteiger charge is 2.20. The predicted molar refractivity (Wildman–Crippen MR) is 76.2 cm³/mol. The number of hydrogen-bond acceptors (Lipinski definition) is 2. The monoisotopic (exact) mass is 262 g/mol. The van der Waals surface area contributed by atoms with E-state index in [4.69, 9.17) is 5.11 Å². The number of aliphatic hydroxyl groups is 1. The molecule has 4 nitrogen and oxygen atoms in total. The summed E-state index contributed by atoms with van der Waals surface area (Å²) in [6.45, 7) is 4.02. The van der Waals surface area contributed by atoms with Gasteiger partial charge in [-0.15, -0.1) is 0 Å². The molecule has 1 fully saturated rings. The molecule has 1 aromatic rings. The Labute approximate surface area is 114 Å². The van der Waals surface area contributed by atoms with E-state index < -0.39 is 0 Å². The minimum atomic E-state index is -0.0125. The molecule has 104 valence electrons. The zero-order valence-corrected chi connectivity index (χ0v) is 11.4. The first kappa shape index (κ1) is 13.9. The van der Waals surface area contributed by atoms with E-state index in [-0.39, 0.29) is 12.6 Å². The van der Waals surface area contributed by atoms with Gasteiger partial charge >= 0.3 is 6.03 Å². The zero-order chi connectivity index (χ0) is 13.7. The molecule has 0 bridgehead atoms. The third kappa shape index (κ3) is 3.96. The maximum atomic E-state index is 12.1. The predicted octanol–water partition coefficient (Wildman–Crippen LogP) is 2.49. The van der Waals surface area contributed by atoms with E-state index in [0.29, 0.717) is 12.3 Å². The fourth-order valence-corrected chi connectivity index (χ4v) is 2.46. The van der Waals surface area contributed by atoms with Crippen LogP contribution < -0.4 is 5.32 Å². The highest BCUT2D eigenvalue weighted by molar-refractivity contribution is 5.89. The van der Waals surface area contributed by atoms with Crippen molar-refractivity contribution in [2.45, 2.75) is 26.2 Å². The molecule has 2 rings (SSSR count). The average molecular weight is 262 g/mol. The van der Waals surface area contributed by atoms with E-state index >= 15 is 0 Å². The van der Waals surface area contributed by atoms with Gasteiger partial charge in [-0.05, 0) is 42.9 Å². The van der Waals surface area contributed by atoms with Crippen molar-refractivity contribution in [1.82, 2.24) is 4.90 Å². The van der Waals surface area contributed by atoms with Crippen LogP contribution in [0.4, 0.5) is 10.5 Å². The summed E-state index contributed by atoms with van der Waals surface area (Å²) in [5.74, 6) is 0.589. The fraction of sp³-hybridized carbons (Fsp3) is 0.533. The fourth-order valence-electron chi connectivity index (χ4n) is 2.46. The van der Waals surface area contributed by atoms with Gasteiger partial charge in [0.15, 0.2) is 0 Å². The van der Waals surface area contributed by atoms with Gasteiger partial charge in [0.25, 0.3) is 0 Å². The lowest BCUT2D eigenvalue weighted by Crippen LogP contribution is -2.41. The van der Waals surface area contributed by atoms with Crippen LogP contribution in [0, 0.1) is 5.92 Å². The van der Waals surface area contributed by atoms with Gasteiger partial charge in [0.1, 0.15) is 0 Å². The van der Waals surface area contributed by atoms with Gasteiger partial charge in [-0.3, -0.25) is 0 Å². The molecule has 0 aromatic heterocycles. The number of benzene rings is 1. The van der Waals surface area contributed by atoms with Crippen LogP contribution in [0.5, 0.6) is 0 Å². The lowest BCUT2D eigenvalue weighted by atomic mass is 10.0. The number of hydrogen-bond donors (Lipinski definition) is 2. The van der Waals surface area contributed by atoms with Crippen molar-refractivity contribution >= 4 is 11.7 Å². The van der Waals surface area contributed by atoms with Gasteiger partial charge in [-0.1, -0.05) is 19.1 Å². The Morgan fingerprint density at radius 1 is 1.42 bits per heavy atom. The second kappa shape index (κ2) is 6.57. The van der Waals surface area contributed by atoms with E-state index in [1.807, 2.05) is 29.2 Å². The van der Waals surface area contributed by atoms with E-state index in [1.165, 1.54) is 6.42 Å². The summed E-state index contributed by atoms with van der Waals surface area (Å²) in [5.41, 5.74) is 1.89. The molecule has 0 aliphatic carbocycles. The standard InChI is InChI=1S/C15H22N2O2/c1-12-3-2-9-17(11-12)15(19)16-14-6-4-13(5-7-14)8-10-18/h4-7,12,18H,2-3,8-11H2,1H3,(H,16,19). The van der Waals surface area contributed by atoms with Crippen LogP contribution in [0.1, 0.15) is 25.3 Å². The van der Waals surface area contributed by atoms with Crippen molar-refractivity contribution in [1.29, 1.82) is 0 Å². The maximum absolute atomic E-state index is 12.1. The Hall–Kier alpha value is -1.55. The Balaban J connectivity index is 1.90. The Kier molecular flexibility index (Phi) is 4.80. The minimum Gasteiger partial charge on any atom is -0.396 e. The molecule has 0 spiro atoms. The van der Waals surface area contributed by atoms with Gasteiger partial charge < -0.3 is 15.3 Å². The SMILES string of the molecule is CC1CCCN(C(=O)Nc2ccc(CCO)cc2)C1. The molecule has 0 radical (unpaired) electrons. The van der Waals surface area contributed by atoms with Crippen molar-refractivity contribution in [3.05, 3.63) is 29.8 Å². The van der Waals surface area contributed by atoms with Gasteiger partial charge in [-0.25, -0.2) is 4.79 Å². The van der Waals surface area contributed by atoms with Crippen LogP contribution in [-0.2, 0) is 6.42 Å². The number of likely N-dealkylation sites (tertiary alicyclic amines) is 1. The third-order valence-corrected chi connectivity index (χ3v) is 3.55. The van der Waals surface area contributed by atoms with Crippen LogP contribution >= 0.6 is 0 Å². The molecular formula is C15H22N2O2. The molecule has 2 amide bonds. The number of piperidine rings is 1. The number of nitrogens with one attached hydrogen (secondary N) is 1. The second-order valence-electron chi connectivity index (χ2n) is 5.29. The first-order chi connectivity index (χ1) is 9.19. The summed E-state index contributed by atoms with van der Waals surface area (Å²) in [4.78, 5) is 14.0. The number of carbonyl (C=O) groups is 1. The van der Waals surface area contributed by atoms with Gasteiger partial charge in [0.2, 0.25) is 0 Å². The van der Waals surface area contributed by atoms with Crippen molar-refractivity contribution in [2.24, 2.45) is 5.92 Å². The molecular weight excluding hydrogens is 240 g/mol. The first-order valence-corrected chi connectivity index (χ1v) is 6.95. The second-order valence-corrected chi connectivity index (χ2v) is 5.29. The van der Waals surface area contributed by atoms with E-state index in [2.05, 4.69) is 12.2 Å². The van der Waals surface area contributed by atoms with Crippen LogP contribution in [-0.4, -0.2) is 35.7 Å². The lowest BCUT2D eigenvalue weighted by Gasteiger charge is -2.30. The number of urea groups is 1. The highest BCUT2D eigenvalue weighted by Crippen LogP contribution is 2.17. The van der Waals surface area contributed by atoms with E-state index in [1.54, 1.807) is 0 Å². The molecule has 2 N–H and O–H groups in total. The molecule has 1 aliphatic rings. The summed E-state index contributed by atoms with van der Waals surface area (Å²) in [6.07, 6.45) is 2.95. The van der Waals surface area contributed by atoms with E-state index in [9.17, 15) is 4.79 Å². The Bertz CT molecular complexity index is 417. The molecule has 1 unspecified atom stereocenters. The molecule has 1 aliphatic heterocycles. The van der Waals surface area contributed by atoms with Crippen molar-refractivity contribution in [3.8, 4) is 0 Å². The number of rotatable bonds is 3. The highest BCUT2D eigenvalue weighted by atomic mass is 16.3. The summed E-state index contributed by atoms with van der Waals surface area (Å²) in [5, 5.41) is 11.8. The molecule has 1 saturated heterocycles.